The van der Waals surface area contributed by atoms with Gasteiger partial charge in [0.1, 0.15) is 0 Å². The average molecular weight is 264 g/mol. The number of rotatable bonds is 3. The van der Waals surface area contributed by atoms with E-state index in [1.807, 2.05) is 24.3 Å². The van der Waals surface area contributed by atoms with Crippen molar-refractivity contribution < 1.29 is 0 Å². The Morgan fingerprint density at radius 2 is 1.70 bits per heavy atom. The van der Waals surface area contributed by atoms with Gasteiger partial charge >= 0.3 is 0 Å². The van der Waals surface area contributed by atoms with E-state index in [9.17, 15) is 0 Å². The fourth-order valence-electron chi connectivity index (χ4n) is 2.23. The van der Waals surface area contributed by atoms with Crippen molar-refractivity contribution in [3.63, 3.8) is 0 Å². The highest BCUT2D eigenvalue weighted by atomic mass is 15.2. The summed E-state index contributed by atoms with van der Waals surface area (Å²) in [6.45, 7) is 7.40. The van der Waals surface area contributed by atoms with Gasteiger partial charge < -0.3 is 4.90 Å². The number of benzene rings is 2. The van der Waals surface area contributed by atoms with Crippen LogP contribution in [0.4, 0.5) is 5.69 Å². The van der Waals surface area contributed by atoms with Crippen molar-refractivity contribution in [2.75, 3.05) is 4.90 Å². The predicted octanol–water partition coefficient (Wildman–Crippen LogP) is 4.36. The third-order valence-corrected chi connectivity index (χ3v) is 3.28. The van der Waals surface area contributed by atoms with Gasteiger partial charge in [-0.05, 0) is 44.5 Å². The summed E-state index contributed by atoms with van der Waals surface area (Å²) in [5.74, 6) is 0. The van der Waals surface area contributed by atoms with Crippen molar-refractivity contribution in [1.29, 1.82) is 5.26 Å². The SMILES string of the molecule is CC(C)(C)N(Cc1ccccc1)c1cccc(C#N)c1. The first kappa shape index (κ1) is 14.1. The van der Waals surface area contributed by atoms with Crippen molar-refractivity contribution >= 4 is 5.69 Å². The van der Waals surface area contributed by atoms with Gasteiger partial charge in [0, 0.05) is 17.8 Å². The zero-order valence-electron chi connectivity index (χ0n) is 12.3. The number of nitrogens with zero attached hydrogens (tertiary/aromatic N) is 2. The van der Waals surface area contributed by atoms with Crippen molar-refractivity contribution in [3.8, 4) is 6.07 Å². The van der Waals surface area contributed by atoms with Gasteiger partial charge in [-0.15, -0.1) is 0 Å². The molecule has 2 aromatic carbocycles. The maximum absolute atomic E-state index is 9.07. The second kappa shape index (κ2) is 5.79. The zero-order valence-corrected chi connectivity index (χ0v) is 12.3. The Bertz CT molecular complexity index is 603. The molecule has 2 aromatic rings. The van der Waals surface area contributed by atoms with E-state index in [-0.39, 0.29) is 5.54 Å². The lowest BCUT2D eigenvalue weighted by Crippen LogP contribution is -2.41. The molecule has 20 heavy (non-hydrogen) atoms. The molecule has 0 bridgehead atoms. The summed E-state index contributed by atoms with van der Waals surface area (Å²) in [7, 11) is 0. The van der Waals surface area contributed by atoms with Crippen LogP contribution in [-0.4, -0.2) is 5.54 Å². The Morgan fingerprint density at radius 3 is 2.30 bits per heavy atom. The molecule has 102 valence electrons. The van der Waals surface area contributed by atoms with Gasteiger partial charge in [0.05, 0.1) is 11.6 Å². The maximum Gasteiger partial charge on any atom is 0.0992 e. The quantitative estimate of drug-likeness (QED) is 0.823. The van der Waals surface area contributed by atoms with E-state index in [1.165, 1.54) is 5.56 Å². The Kier molecular flexibility index (Phi) is 4.10. The molecule has 0 heterocycles. The molecule has 0 saturated heterocycles. The molecule has 0 N–H and O–H groups in total. The van der Waals surface area contributed by atoms with E-state index in [4.69, 9.17) is 5.26 Å². The number of hydrogen-bond acceptors (Lipinski definition) is 2. The third-order valence-electron chi connectivity index (χ3n) is 3.28. The smallest absolute Gasteiger partial charge is 0.0992 e. The van der Waals surface area contributed by atoms with E-state index in [0.717, 1.165) is 12.2 Å². The van der Waals surface area contributed by atoms with Gasteiger partial charge in [0.25, 0.3) is 0 Å². The molecule has 0 radical (unpaired) electrons. The molecule has 0 spiro atoms. The van der Waals surface area contributed by atoms with Gasteiger partial charge in [-0.3, -0.25) is 0 Å². The summed E-state index contributed by atoms with van der Waals surface area (Å²) in [5, 5.41) is 9.07. The highest BCUT2D eigenvalue weighted by Crippen LogP contribution is 2.26. The van der Waals surface area contributed by atoms with Crippen LogP contribution in [0.5, 0.6) is 0 Å². The van der Waals surface area contributed by atoms with Crippen LogP contribution >= 0.6 is 0 Å². The summed E-state index contributed by atoms with van der Waals surface area (Å²) in [6, 6.07) is 20.4. The van der Waals surface area contributed by atoms with E-state index in [1.54, 1.807) is 0 Å². The molecule has 0 amide bonds. The van der Waals surface area contributed by atoms with Crippen molar-refractivity contribution in [2.24, 2.45) is 0 Å². The third kappa shape index (κ3) is 3.39. The van der Waals surface area contributed by atoms with Crippen LogP contribution in [-0.2, 0) is 6.54 Å². The normalized spacial score (nSPS) is 10.9. The second-order valence-corrected chi connectivity index (χ2v) is 5.90. The number of nitriles is 1. The fourth-order valence-corrected chi connectivity index (χ4v) is 2.23. The van der Waals surface area contributed by atoms with E-state index in [0.29, 0.717) is 5.56 Å². The topological polar surface area (TPSA) is 27.0 Å². The molecule has 0 aliphatic carbocycles. The Balaban J connectivity index is 2.36. The first-order valence-electron chi connectivity index (χ1n) is 6.82. The number of hydrogen-bond donors (Lipinski definition) is 0. The van der Waals surface area contributed by atoms with E-state index < -0.39 is 0 Å². The molecule has 0 aliphatic heterocycles. The molecular weight excluding hydrogens is 244 g/mol. The van der Waals surface area contributed by atoms with Crippen LogP contribution in [0.3, 0.4) is 0 Å². The minimum absolute atomic E-state index is 0.01000. The maximum atomic E-state index is 9.07. The summed E-state index contributed by atoms with van der Waals surface area (Å²) >= 11 is 0. The summed E-state index contributed by atoms with van der Waals surface area (Å²) in [4.78, 5) is 2.32. The minimum atomic E-state index is -0.01000. The zero-order chi connectivity index (χ0) is 14.6. The van der Waals surface area contributed by atoms with E-state index in [2.05, 4.69) is 62.1 Å². The highest BCUT2D eigenvalue weighted by molar-refractivity contribution is 5.53. The molecule has 0 atom stereocenters. The molecule has 0 aromatic heterocycles. The van der Waals surface area contributed by atoms with Crippen LogP contribution in [0.15, 0.2) is 54.6 Å². The first-order valence-corrected chi connectivity index (χ1v) is 6.82. The largest absolute Gasteiger partial charge is 0.362 e. The Labute approximate surface area is 121 Å². The molecule has 0 unspecified atom stereocenters. The van der Waals surface area contributed by atoms with E-state index >= 15 is 0 Å². The molecule has 2 heteroatoms. The standard InChI is InChI=1S/C18H20N2/c1-18(2,3)20(14-15-8-5-4-6-9-15)17-11-7-10-16(12-17)13-19/h4-12H,14H2,1-3H3. The predicted molar refractivity (Wildman–Crippen MR) is 83.5 cm³/mol. The average Bonchev–Trinajstić information content (AvgIpc) is 2.45. The van der Waals surface area contributed by atoms with Gasteiger partial charge in [-0.1, -0.05) is 36.4 Å². The van der Waals surface area contributed by atoms with Gasteiger partial charge in [0.2, 0.25) is 0 Å². The fraction of sp³-hybridized carbons (Fsp3) is 0.278. The highest BCUT2D eigenvalue weighted by Gasteiger charge is 2.22. The van der Waals surface area contributed by atoms with Crippen LogP contribution < -0.4 is 4.90 Å². The molecule has 0 saturated carbocycles. The molecule has 0 aliphatic rings. The van der Waals surface area contributed by atoms with Gasteiger partial charge in [-0.2, -0.15) is 5.26 Å². The monoisotopic (exact) mass is 264 g/mol. The van der Waals surface area contributed by atoms with Crippen molar-refractivity contribution in [3.05, 3.63) is 65.7 Å². The summed E-state index contributed by atoms with van der Waals surface area (Å²) < 4.78 is 0. The second-order valence-electron chi connectivity index (χ2n) is 5.90. The molecule has 2 nitrogen and oxygen atoms in total. The van der Waals surface area contributed by atoms with Crippen molar-refractivity contribution in [1.82, 2.24) is 0 Å². The van der Waals surface area contributed by atoms with Gasteiger partial charge in [-0.25, -0.2) is 0 Å². The lowest BCUT2D eigenvalue weighted by Gasteiger charge is -2.38. The summed E-state index contributed by atoms with van der Waals surface area (Å²) in [6.07, 6.45) is 0. The van der Waals surface area contributed by atoms with Crippen LogP contribution in [0.1, 0.15) is 31.9 Å². The van der Waals surface area contributed by atoms with Crippen molar-refractivity contribution in [2.45, 2.75) is 32.9 Å². The summed E-state index contributed by atoms with van der Waals surface area (Å²) in [5.41, 5.74) is 3.04. The van der Waals surface area contributed by atoms with Gasteiger partial charge in [0.15, 0.2) is 0 Å². The molecular formula is C18H20N2. The first-order chi connectivity index (χ1) is 9.50. The lowest BCUT2D eigenvalue weighted by molar-refractivity contribution is 0.501. The number of anilines is 1. The minimum Gasteiger partial charge on any atom is -0.362 e. The lowest BCUT2D eigenvalue weighted by atomic mass is 10.0. The Morgan fingerprint density at radius 1 is 1.00 bits per heavy atom. The van der Waals surface area contributed by atoms with Crippen LogP contribution in [0, 0.1) is 11.3 Å². The molecule has 2 rings (SSSR count). The van der Waals surface area contributed by atoms with Crippen LogP contribution in [0.2, 0.25) is 0 Å². The van der Waals surface area contributed by atoms with Crippen LogP contribution in [0.25, 0.3) is 0 Å². The molecule has 0 fully saturated rings. The Hall–Kier alpha value is -2.27.